The van der Waals surface area contributed by atoms with E-state index >= 15 is 0 Å². The molecule has 68 valence electrons. The zero-order valence-corrected chi connectivity index (χ0v) is 9.75. The first-order valence-electron chi connectivity index (χ1n) is 4.81. The molecule has 1 aromatic rings. The van der Waals surface area contributed by atoms with Crippen molar-refractivity contribution in [1.29, 1.82) is 0 Å². The van der Waals surface area contributed by atoms with Gasteiger partial charge in [0.25, 0.3) is 0 Å². The van der Waals surface area contributed by atoms with Crippen LogP contribution in [-0.4, -0.2) is 0 Å². The first-order valence-corrected chi connectivity index (χ1v) is 5.89. The molecule has 0 heterocycles. The molecule has 0 aliphatic heterocycles. The largest absolute Gasteiger partial charge is 0.0807 e. The van der Waals surface area contributed by atoms with Crippen molar-refractivity contribution in [3.05, 3.63) is 39.5 Å². The molecule has 0 radical (unpaired) electrons. The molecule has 0 nitrogen and oxygen atoms in total. The summed E-state index contributed by atoms with van der Waals surface area (Å²) in [5.41, 5.74) is 2.96. The Morgan fingerprint density at radius 3 is 2.38 bits per heavy atom. The Bertz CT molecular complexity index is 308. The van der Waals surface area contributed by atoms with Crippen LogP contribution in [-0.2, 0) is 0 Å². The maximum Gasteiger partial charge on any atom is 0.0130 e. The van der Waals surface area contributed by atoms with Crippen LogP contribution in [0.4, 0.5) is 0 Å². The Morgan fingerprint density at radius 1 is 1.00 bits per heavy atom. The number of allylic oxidation sites excluding steroid dienone is 2. The highest BCUT2D eigenvalue weighted by atomic mass is 127. The van der Waals surface area contributed by atoms with E-state index in [2.05, 4.69) is 52.9 Å². The van der Waals surface area contributed by atoms with Crippen molar-refractivity contribution in [2.75, 3.05) is 0 Å². The quantitative estimate of drug-likeness (QED) is 0.676. The maximum absolute atomic E-state index is 2.39. The van der Waals surface area contributed by atoms with E-state index in [0.29, 0.717) is 0 Å². The predicted molar refractivity (Wildman–Crippen MR) is 65.6 cm³/mol. The van der Waals surface area contributed by atoms with E-state index in [1.54, 1.807) is 5.57 Å². The maximum atomic E-state index is 2.39. The molecule has 0 fully saturated rings. The van der Waals surface area contributed by atoms with Crippen LogP contribution in [0.3, 0.4) is 0 Å². The Kier molecular flexibility index (Phi) is 3.04. The van der Waals surface area contributed by atoms with Gasteiger partial charge >= 0.3 is 0 Å². The predicted octanol–water partition coefficient (Wildman–Crippen LogP) is 4.25. The van der Waals surface area contributed by atoms with Crippen LogP contribution in [0.25, 0.3) is 5.57 Å². The Labute approximate surface area is 93.2 Å². The van der Waals surface area contributed by atoms with Crippen LogP contribution in [0.1, 0.15) is 31.2 Å². The molecule has 0 amide bonds. The van der Waals surface area contributed by atoms with Crippen LogP contribution in [0.2, 0.25) is 0 Å². The third-order valence-corrected chi connectivity index (χ3v) is 3.23. The molecule has 0 saturated carbocycles. The average molecular weight is 284 g/mol. The van der Waals surface area contributed by atoms with Crippen molar-refractivity contribution < 1.29 is 0 Å². The normalized spacial score (nSPS) is 16.8. The molecule has 0 spiro atoms. The lowest BCUT2D eigenvalue weighted by Crippen LogP contribution is -1.91. The summed E-state index contributed by atoms with van der Waals surface area (Å²) in [5, 5.41) is 0. The fraction of sp³-hybridized carbons (Fsp3) is 0.333. The minimum absolute atomic E-state index is 1.26. The van der Waals surface area contributed by atoms with Crippen LogP contribution in [0.15, 0.2) is 30.3 Å². The molecule has 0 aromatic heterocycles. The van der Waals surface area contributed by atoms with E-state index < -0.39 is 0 Å². The van der Waals surface area contributed by atoms with Gasteiger partial charge in [0.15, 0.2) is 0 Å². The first kappa shape index (κ1) is 9.25. The third kappa shape index (κ3) is 2.33. The van der Waals surface area contributed by atoms with Gasteiger partial charge in [-0.25, -0.2) is 0 Å². The number of hydrogen-bond acceptors (Lipinski definition) is 0. The van der Waals surface area contributed by atoms with Gasteiger partial charge in [-0.05, 0) is 71.5 Å². The van der Waals surface area contributed by atoms with Gasteiger partial charge < -0.3 is 0 Å². The van der Waals surface area contributed by atoms with Gasteiger partial charge in [0, 0.05) is 3.57 Å². The van der Waals surface area contributed by atoms with Gasteiger partial charge in [0.05, 0.1) is 0 Å². The lowest BCUT2D eigenvalue weighted by Gasteiger charge is -2.12. The summed E-state index contributed by atoms with van der Waals surface area (Å²) in [6.07, 6.45) is 7.65. The molecule has 1 aliphatic rings. The van der Waals surface area contributed by atoms with Crippen LogP contribution >= 0.6 is 22.6 Å². The number of benzene rings is 1. The summed E-state index contributed by atoms with van der Waals surface area (Å²) >= 11 is 2.35. The van der Waals surface area contributed by atoms with Crippen molar-refractivity contribution in [1.82, 2.24) is 0 Å². The molecule has 0 bridgehead atoms. The molecule has 0 saturated heterocycles. The zero-order valence-electron chi connectivity index (χ0n) is 7.59. The fourth-order valence-electron chi connectivity index (χ4n) is 1.76. The SMILES string of the molecule is Ic1ccc(C2=CCCCC2)cc1. The summed E-state index contributed by atoms with van der Waals surface area (Å²) in [6.45, 7) is 0. The summed E-state index contributed by atoms with van der Waals surface area (Å²) in [6, 6.07) is 8.84. The topological polar surface area (TPSA) is 0 Å². The smallest absolute Gasteiger partial charge is 0.0130 e. The number of hydrogen-bond donors (Lipinski definition) is 0. The second-order valence-corrected chi connectivity index (χ2v) is 4.73. The Morgan fingerprint density at radius 2 is 1.77 bits per heavy atom. The molecule has 1 aliphatic carbocycles. The van der Waals surface area contributed by atoms with Crippen LogP contribution < -0.4 is 0 Å². The highest BCUT2D eigenvalue weighted by molar-refractivity contribution is 14.1. The van der Waals surface area contributed by atoms with Crippen molar-refractivity contribution in [2.24, 2.45) is 0 Å². The summed E-state index contributed by atoms with van der Waals surface area (Å²) in [7, 11) is 0. The summed E-state index contributed by atoms with van der Waals surface area (Å²) in [4.78, 5) is 0. The van der Waals surface area contributed by atoms with E-state index in [-0.39, 0.29) is 0 Å². The second kappa shape index (κ2) is 4.27. The Hall–Kier alpha value is -0.310. The lowest BCUT2D eigenvalue weighted by atomic mass is 9.94. The van der Waals surface area contributed by atoms with E-state index in [0.717, 1.165) is 0 Å². The average Bonchev–Trinajstić information content (AvgIpc) is 2.20. The summed E-state index contributed by atoms with van der Waals surface area (Å²) in [5.74, 6) is 0. The minimum atomic E-state index is 1.26. The standard InChI is InChI=1S/C12H13I/c13-12-8-6-11(7-9-12)10-4-2-1-3-5-10/h4,6-9H,1-3,5H2. The molecule has 0 atom stereocenters. The first-order chi connectivity index (χ1) is 6.36. The van der Waals surface area contributed by atoms with Crippen LogP contribution in [0, 0.1) is 3.57 Å². The van der Waals surface area contributed by atoms with Gasteiger partial charge in [0.1, 0.15) is 0 Å². The molecule has 13 heavy (non-hydrogen) atoms. The molecule has 1 heteroatoms. The van der Waals surface area contributed by atoms with E-state index in [4.69, 9.17) is 0 Å². The molecule has 0 unspecified atom stereocenters. The van der Waals surface area contributed by atoms with Gasteiger partial charge in [-0.2, -0.15) is 0 Å². The highest BCUT2D eigenvalue weighted by Gasteiger charge is 2.05. The van der Waals surface area contributed by atoms with Gasteiger partial charge in [0.2, 0.25) is 0 Å². The highest BCUT2D eigenvalue weighted by Crippen LogP contribution is 2.26. The van der Waals surface area contributed by atoms with E-state index in [1.165, 1.54) is 34.8 Å². The van der Waals surface area contributed by atoms with E-state index in [1.807, 2.05) is 0 Å². The van der Waals surface area contributed by atoms with E-state index in [9.17, 15) is 0 Å². The Balaban J connectivity index is 2.24. The molecule has 1 aromatic carbocycles. The minimum Gasteiger partial charge on any atom is -0.0807 e. The molecule has 2 rings (SSSR count). The zero-order chi connectivity index (χ0) is 9.10. The van der Waals surface area contributed by atoms with Crippen LogP contribution in [0.5, 0.6) is 0 Å². The number of rotatable bonds is 1. The number of halogens is 1. The van der Waals surface area contributed by atoms with Crippen molar-refractivity contribution >= 4 is 28.2 Å². The third-order valence-electron chi connectivity index (χ3n) is 2.51. The van der Waals surface area contributed by atoms with Crippen molar-refractivity contribution in [3.8, 4) is 0 Å². The molecular formula is C12H13I. The van der Waals surface area contributed by atoms with Gasteiger partial charge in [-0.1, -0.05) is 18.2 Å². The monoisotopic (exact) mass is 284 g/mol. The fourth-order valence-corrected chi connectivity index (χ4v) is 2.12. The van der Waals surface area contributed by atoms with Gasteiger partial charge in [-0.15, -0.1) is 0 Å². The summed E-state index contributed by atoms with van der Waals surface area (Å²) < 4.78 is 1.32. The van der Waals surface area contributed by atoms with Crippen molar-refractivity contribution in [2.45, 2.75) is 25.7 Å². The lowest BCUT2D eigenvalue weighted by molar-refractivity contribution is 0.742. The molecular weight excluding hydrogens is 271 g/mol. The second-order valence-electron chi connectivity index (χ2n) is 3.48. The van der Waals surface area contributed by atoms with Crippen molar-refractivity contribution in [3.63, 3.8) is 0 Å². The molecule has 0 N–H and O–H groups in total. The van der Waals surface area contributed by atoms with Gasteiger partial charge in [-0.3, -0.25) is 0 Å².